The molecule has 0 aromatic rings. The summed E-state index contributed by atoms with van der Waals surface area (Å²) in [5, 5.41) is 0. The fraction of sp³-hybridized carbons (Fsp3) is 0.962. The van der Waals surface area contributed by atoms with Gasteiger partial charge in [0.2, 0.25) is 0 Å². The molecule has 2 fully saturated rings. The van der Waals surface area contributed by atoms with E-state index in [1.165, 1.54) is 109 Å². The van der Waals surface area contributed by atoms with E-state index in [1.54, 1.807) is 0 Å². The molecule has 0 unspecified atom stereocenters. The van der Waals surface area contributed by atoms with E-state index >= 15 is 0 Å². The number of esters is 1. The maximum absolute atomic E-state index is 12.3. The van der Waals surface area contributed by atoms with Crippen molar-refractivity contribution in [1.82, 2.24) is 0 Å². The van der Waals surface area contributed by atoms with E-state index in [0.29, 0.717) is 6.61 Å². The third-order valence-corrected chi connectivity index (χ3v) is 7.41. The molecule has 0 saturated heterocycles. The monoisotopic (exact) mass is 392 g/mol. The van der Waals surface area contributed by atoms with Gasteiger partial charge in [-0.2, -0.15) is 0 Å². The molecule has 0 heterocycles. The van der Waals surface area contributed by atoms with Crippen molar-refractivity contribution in [3.05, 3.63) is 0 Å². The summed E-state index contributed by atoms with van der Waals surface area (Å²) in [6, 6.07) is 0. The van der Waals surface area contributed by atoms with E-state index in [1.807, 2.05) is 0 Å². The lowest BCUT2D eigenvalue weighted by Gasteiger charge is -2.35. The molecular weight excluding hydrogens is 344 g/mol. The molecule has 0 aromatic heterocycles. The number of carbonyl (C=O) groups excluding carboxylic acids is 1. The highest BCUT2D eigenvalue weighted by atomic mass is 16.5. The summed E-state index contributed by atoms with van der Waals surface area (Å²) in [7, 11) is 0. The van der Waals surface area contributed by atoms with Crippen molar-refractivity contribution in [3.63, 3.8) is 0 Å². The first kappa shape index (κ1) is 23.7. The van der Waals surface area contributed by atoms with Gasteiger partial charge in [0.15, 0.2) is 0 Å². The van der Waals surface area contributed by atoms with Crippen molar-refractivity contribution in [2.45, 2.75) is 135 Å². The Morgan fingerprint density at radius 3 is 1.71 bits per heavy atom. The van der Waals surface area contributed by atoms with Crippen LogP contribution in [0.25, 0.3) is 0 Å². The molecule has 0 aromatic carbocycles. The fourth-order valence-electron chi connectivity index (χ4n) is 5.49. The Bertz CT molecular complexity index is 378. The molecule has 0 atom stereocenters. The Morgan fingerprint density at radius 2 is 1.14 bits per heavy atom. The zero-order valence-corrected chi connectivity index (χ0v) is 18.9. The predicted molar refractivity (Wildman–Crippen MR) is 119 cm³/mol. The zero-order chi connectivity index (χ0) is 19.9. The molecule has 0 radical (unpaired) electrons. The molecule has 28 heavy (non-hydrogen) atoms. The van der Waals surface area contributed by atoms with Crippen LogP contribution in [0.5, 0.6) is 0 Å². The first-order valence-electron chi connectivity index (χ1n) is 13.0. The highest BCUT2D eigenvalue weighted by Gasteiger charge is 2.31. The van der Waals surface area contributed by atoms with Gasteiger partial charge in [0.25, 0.3) is 0 Å². The van der Waals surface area contributed by atoms with E-state index in [4.69, 9.17) is 4.74 Å². The Kier molecular flexibility index (Phi) is 13.0. The lowest BCUT2D eigenvalue weighted by Crippen LogP contribution is -2.28. The Hall–Kier alpha value is -0.530. The average molecular weight is 393 g/mol. The van der Waals surface area contributed by atoms with Crippen LogP contribution in [0.2, 0.25) is 0 Å². The second kappa shape index (κ2) is 15.3. The lowest BCUT2D eigenvalue weighted by molar-refractivity contribution is -0.150. The van der Waals surface area contributed by atoms with Crippen molar-refractivity contribution < 1.29 is 9.53 Å². The maximum atomic E-state index is 12.3. The van der Waals surface area contributed by atoms with Gasteiger partial charge in [-0.15, -0.1) is 0 Å². The lowest BCUT2D eigenvalue weighted by atomic mass is 9.71. The van der Waals surface area contributed by atoms with Crippen molar-refractivity contribution in [2.24, 2.45) is 17.8 Å². The van der Waals surface area contributed by atoms with Crippen LogP contribution in [0.4, 0.5) is 0 Å². The van der Waals surface area contributed by atoms with E-state index < -0.39 is 0 Å². The molecule has 0 amide bonds. The summed E-state index contributed by atoms with van der Waals surface area (Å²) >= 11 is 0. The Morgan fingerprint density at radius 1 is 0.643 bits per heavy atom. The van der Waals surface area contributed by atoms with Crippen molar-refractivity contribution in [3.8, 4) is 0 Å². The molecule has 2 heteroatoms. The van der Waals surface area contributed by atoms with Gasteiger partial charge in [0, 0.05) is 0 Å². The summed E-state index contributed by atoms with van der Waals surface area (Å²) in [5.74, 6) is 2.17. The second-order valence-corrected chi connectivity index (χ2v) is 9.71. The largest absolute Gasteiger partial charge is 0.465 e. The minimum atomic E-state index is 0.106. The van der Waals surface area contributed by atoms with Crippen LogP contribution in [0.1, 0.15) is 135 Å². The van der Waals surface area contributed by atoms with Gasteiger partial charge >= 0.3 is 5.97 Å². The van der Waals surface area contributed by atoms with Crippen molar-refractivity contribution in [1.29, 1.82) is 0 Å². The molecule has 2 rings (SSSR count). The Balaban J connectivity index is 1.39. The molecular formula is C26H48O2. The van der Waals surface area contributed by atoms with E-state index in [9.17, 15) is 4.79 Å². The van der Waals surface area contributed by atoms with Gasteiger partial charge in [0.05, 0.1) is 12.5 Å². The van der Waals surface area contributed by atoms with Crippen LogP contribution >= 0.6 is 0 Å². The molecule has 0 spiro atoms. The second-order valence-electron chi connectivity index (χ2n) is 9.71. The topological polar surface area (TPSA) is 26.3 Å². The van der Waals surface area contributed by atoms with Crippen LogP contribution in [0, 0.1) is 17.8 Å². The SMILES string of the molecule is CCCCCCCCCCCCCOC(=O)C1CCC(C2CCCCC2)CC1. The maximum Gasteiger partial charge on any atom is 0.308 e. The molecule has 0 N–H and O–H groups in total. The fourth-order valence-corrected chi connectivity index (χ4v) is 5.49. The zero-order valence-electron chi connectivity index (χ0n) is 18.9. The first-order chi connectivity index (χ1) is 13.8. The van der Waals surface area contributed by atoms with E-state index in [2.05, 4.69) is 6.92 Å². The van der Waals surface area contributed by atoms with Gasteiger partial charge in [0.1, 0.15) is 0 Å². The highest BCUT2D eigenvalue weighted by Crippen LogP contribution is 2.40. The van der Waals surface area contributed by atoms with E-state index in [0.717, 1.165) is 31.1 Å². The number of hydrogen-bond acceptors (Lipinski definition) is 2. The van der Waals surface area contributed by atoms with Gasteiger partial charge in [-0.1, -0.05) is 103 Å². The molecule has 0 aliphatic heterocycles. The predicted octanol–water partition coefficient (Wildman–Crippen LogP) is 8.23. The molecule has 164 valence electrons. The van der Waals surface area contributed by atoms with Crippen molar-refractivity contribution in [2.75, 3.05) is 6.61 Å². The quantitative estimate of drug-likeness (QED) is 0.220. The third kappa shape index (κ3) is 9.79. The molecule has 2 aliphatic carbocycles. The first-order valence-corrected chi connectivity index (χ1v) is 13.0. The van der Waals surface area contributed by atoms with Crippen molar-refractivity contribution >= 4 is 5.97 Å². The minimum absolute atomic E-state index is 0.106. The van der Waals surface area contributed by atoms with Crippen LogP contribution < -0.4 is 0 Å². The smallest absolute Gasteiger partial charge is 0.308 e. The normalized spacial score (nSPS) is 23.6. The molecule has 0 bridgehead atoms. The number of hydrogen-bond donors (Lipinski definition) is 0. The highest BCUT2D eigenvalue weighted by molar-refractivity contribution is 5.72. The van der Waals surface area contributed by atoms with Crippen LogP contribution in [0.15, 0.2) is 0 Å². The van der Waals surface area contributed by atoms with Gasteiger partial charge in [-0.05, 0) is 43.9 Å². The molecule has 2 nitrogen and oxygen atoms in total. The molecule has 2 aliphatic rings. The van der Waals surface area contributed by atoms with Gasteiger partial charge in [-0.25, -0.2) is 0 Å². The van der Waals surface area contributed by atoms with Crippen LogP contribution in [-0.4, -0.2) is 12.6 Å². The molecule has 2 saturated carbocycles. The standard InChI is InChI=1S/C26H48O2/c1-2-3-4-5-6-7-8-9-10-11-15-22-28-26(27)25-20-18-24(19-21-25)23-16-13-12-14-17-23/h23-25H,2-22H2,1H3. The van der Waals surface area contributed by atoms with Gasteiger partial charge < -0.3 is 4.74 Å². The van der Waals surface area contributed by atoms with Crippen LogP contribution in [0.3, 0.4) is 0 Å². The van der Waals surface area contributed by atoms with Crippen LogP contribution in [-0.2, 0) is 9.53 Å². The minimum Gasteiger partial charge on any atom is -0.465 e. The third-order valence-electron chi connectivity index (χ3n) is 7.41. The summed E-state index contributed by atoms with van der Waals surface area (Å²) in [4.78, 5) is 12.3. The van der Waals surface area contributed by atoms with E-state index in [-0.39, 0.29) is 11.9 Å². The number of ether oxygens (including phenoxy) is 1. The number of unbranched alkanes of at least 4 members (excludes halogenated alkanes) is 10. The van der Waals surface area contributed by atoms with Gasteiger partial charge in [-0.3, -0.25) is 4.79 Å². The summed E-state index contributed by atoms with van der Waals surface area (Å²) < 4.78 is 5.61. The number of carbonyl (C=O) groups is 1. The number of rotatable bonds is 14. The summed E-state index contributed by atoms with van der Waals surface area (Å²) in [5.41, 5.74) is 0. The summed E-state index contributed by atoms with van der Waals surface area (Å²) in [6.45, 7) is 2.93. The Labute approximate surface area is 175 Å². The summed E-state index contributed by atoms with van der Waals surface area (Å²) in [6.07, 6.45) is 26.6. The average Bonchev–Trinajstić information content (AvgIpc) is 2.75.